The lowest BCUT2D eigenvalue weighted by Crippen LogP contribution is -2.34. The van der Waals surface area contributed by atoms with Gasteiger partial charge in [0.1, 0.15) is 0 Å². The van der Waals surface area contributed by atoms with Gasteiger partial charge in [-0.1, -0.05) is 65.7 Å². The Labute approximate surface area is 190 Å². The molecule has 1 atom stereocenters. The van der Waals surface area contributed by atoms with E-state index < -0.39 is 0 Å². The summed E-state index contributed by atoms with van der Waals surface area (Å²) in [6.07, 6.45) is 0. The average Bonchev–Trinajstić information content (AvgIpc) is 3.22. The summed E-state index contributed by atoms with van der Waals surface area (Å²) < 4.78 is 3.32. The zero-order valence-corrected chi connectivity index (χ0v) is 18.6. The maximum atomic E-state index is 6.09. The summed E-state index contributed by atoms with van der Waals surface area (Å²) >= 11 is 13.5. The number of nitrogens with one attached hydrogen (secondary N) is 1. The van der Waals surface area contributed by atoms with Gasteiger partial charge in [-0.2, -0.15) is 5.10 Å². The summed E-state index contributed by atoms with van der Waals surface area (Å²) in [7, 11) is 1.76. The fourth-order valence-corrected chi connectivity index (χ4v) is 4.21. The van der Waals surface area contributed by atoms with Gasteiger partial charge in [-0.05, 0) is 59.5 Å². The highest BCUT2D eigenvalue weighted by molar-refractivity contribution is 7.98. The summed E-state index contributed by atoms with van der Waals surface area (Å²) in [6, 6.07) is 25.9. The zero-order chi connectivity index (χ0) is 20.9. The number of nitrogens with zero attached hydrogens (tertiary/aromatic N) is 3. The summed E-state index contributed by atoms with van der Waals surface area (Å²) in [4.78, 5) is 5.47. The van der Waals surface area contributed by atoms with Gasteiger partial charge in [0, 0.05) is 27.9 Å². The van der Waals surface area contributed by atoms with Gasteiger partial charge in [0.05, 0.1) is 12.3 Å². The lowest BCUT2D eigenvalue weighted by atomic mass is 9.91. The highest BCUT2D eigenvalue weighted by Gasteiger charge is 2.31. The van der Waals surface area contributed by atoms with E-state index in [1.54, 1.807) is 7.05 Å². The van der Waals surface area contributed by atoms with Crippen LogP contribution in [0.15, 0.2) is 93.9 Å². The first-order chi connectivity index (χ1) is 14.6. The number of halogens is 2. The third kappa shape index (κ3) is 4.81. The van der Waals surface area contributed by atoms with Gasteiger partial charge in [-0.3, -0.25) is 9.71 Å². The second-order valence-corrected chi connectivity index (χ2v) is 8.50. The number of guanidine groups is 1. The van der Waals surface area contributed by atoms with Crippen molar-refractivity contribution in [3.63, 3.8) is 0 Å². The molecule has 0 fully saturated rings. The molecule has 3 aromatic rings. The van der Waals surface area contributed by atoms with Gasteiger partial charge in [0.2, 0.25) is 5.96 Å². The second-order valence-electron chi connectivity index (χ2n) is 6.74. The van der Waals surface area contributed by atoms with Crippen molar-refractivity contribution in [3.8, 4) is 0 Å². The first kappa shape index (κ1) is 20.8. The van der Waals surface area contributed by atoms with Crippen LogP contribution in [0.5, 0.6) is 0 Å². The molecule has 3 aromatic carbocycles. The minimum absolute atomic E-state index is 0.131. The van der Waals surface area contributed by atoms with E-state index in [0.29, 0.717) is 22.5 Å². The molecular formula is C23H20Cl2N4S. The van der Waals surface area contributed by atoms with E-state index in [1.165, 1.54) is 17.5 Å². The standard InChI is InChI=1S/C23H20Cl2N4S/c1-26-23(28-30-20-13-11-19(25)12-14-20)29-15-21(16-5-3-2-4-6-16)22(27-29)17-7-9-18(24)10-8-17/h2-14,21H,15H2,1H3,(H,26,28)/t21-/m0/s1. The van der Waals surface area contributed by atoms with E-state index in [2.05, 4.69) is 34.0 Å². The topological polar surface area (TPSA) is 40.0 Å². The Kier molecular flexibility index (Phi) is 6.62. The van der Waals surface area contributed by atoms with Crippen molar-refractivity contribution in [3.05, 3.63) is 100 Å². The average molecular weight is 455 g/mol. The Hall–Kier alpha value is -2.47. The molecule has 0 saturated heterocycles. The van der Waals surface area contributed by atoms with Crippen LogP contribution in [0, 0.1) is 0 Å². The molecule has 7 heteroatoms. The minimum atomic E-state index is 0.131. The molecule has 0 saturated carbocycles. The number of hydrogen-bond acceptors (Lipinski definition) is 3. The van der Waals surface area contributed by atoms with E-state index in [0.717, 1.165) is 16.2 Å². The Morgan fingerprint density at radius 3 is 2.23 bits per heavy atom. The van der Waals surface area contributed by atoms with Crippen molar-refractivity contribution in [1.82, 2.24) is 9.73 Å². The molecule has 0 spiro atoms. The molecule has 4 nitrogen and oxygen atoms in total. The molecule has 0 bridgehead atoms. The van der Waals surface area contributed by atoms with Crippen LogP contribution in [0.25, 0.3) is 0 Å². The van der Waals surface area contributed by atoms with E-state index in [1.807, 2.05) is 59.6 Å². The lowest BCUT2D eigenvalue weighted by molar-refractivity contribution is 0.465. The molecule has 0 unspecified atom stereocenters. The Morgan fingerprint density at radius 1 is 0.967 bits per heavy atom. The van der Waals surface area contributed by atoms with E-state index >= 15 is 0 Å². The molecule has 152 valence electrons. The molecule has 1 aliphatic heterocycles. The van der Waals surface area contributed by atoms with Crippen LogP contribution in [-0.2, 0) is 0 Å². The number of benzene rings is 3. The predicted molar refractivity (Wildman–Crippen MR) is 128 cm³/mol. The lowest BCUT2D eigenvalue weighted by Gasteiger charge is -2.18. The van der Waals surface area contributed by atoms with Crippen LogP contribution in [0.4, 0.5) is 0 Å². The van der Waals surface area contributed by atoms with Gasteiger partial charge in [-0.25, -0.2) is 5.01 Å². The third-order valence-corrected chi connectivity index (χ3v) is 6.08. The van der Waals surface area contributed by atoms with Crippen molar-refractivity contribution in [2.45, 2.75) is 10.8 Å². The van der Waals surface area contributed by atoms with Gasteiger partial charge in [-0.15, -0.1) is 0 Å². The SMILES string of the molecule is CN=C(NSc1ccc(Cl)cc1)N1C[C@@H](c2ccccc2)C(c2ccc(Cl)cc2)=N1. The van der Waals surface area contributed by atoms with Crippen molar-refractivity contribution in [2.75, 3.05) is 13.6 Å². The molecule has 0 aliphatic carbocycles. The largest absolute Gasteiger partial charge is 0.295 e. The predicted octanol–water partition coefficient (Wildman–Crippen LogP) is 6.08. The molecule has 4 rings (SSSR count). The maximum absolute atomic E-state index is 6.09. The van der Waals surface area contributed by atoms with Crippen LogP contribution in [-0.4, -0.2) is 30.3 Å². The van der Waals surface area contributed by atoms with Crippen LogP contribution in [0.3, 0.4) is 0 Å². The molecule has 1 N–H and O–H groups in total. The first-order valence-electron chi connectivity index (χ1n) is 9.46. The first-order valence-corrected chi connectivity index (χ1v) is 11.0. The van der Waals surface area contributed by atoms with E-state index in [9.17, 15) is 0 Å². The number of hydrazone groups is 1. The number of rotatable bonds is 4. The summed E-state index contributed by atoms with van der Waals surface area (Å²) in [5.41, 5.74) is 3.27. The van der Waals surface area contributed by atoms with Crippen molar-refractivity contribution < 1.29 is 0 Å². The van der Waals surface area contributed by atoms with Crippen molar-refractivity contribution >= 4 is 46.8 Å². The van der Waals surface area contributed by atoms with Gasteiger partial charge < -0.3 is 0 Å². The maximum Gasteiger partial charge on any atom is 0.225 e. The summed E-state index contributed by atoms with van der Waals surface area (Å²) in [5, 5.41) is 8.27. The Balaban J connectivity index is 1.59. The van der Waals surface area contributed by atoms with Gasteiger partial charge in [0.25, 0.3) is 0 Å². The van der Waals surface area contributed by atoms with Crippen LogP contribution in [0.2, 0.25) is 10.0 Å². The van der Waals surface area contributed by atoms with Gasteiger partial charge >= 0.3 is 0 Å². The Morgan fingerprint density at radius 2 is 1.60 bits per heavy atom. The minimum Gasteiger partial charge on any atom is -0.295 e. The molecule has 0 radical (unpaired) electrons. The second kappa shape index (κ2) is 9.56. The monoisotopic (exact) mass is 454 g/mol. The summed E-state index contributed by atoms with van der Waals surface area (Å²) in [6.45, 7) is 0.697. The highest BCUT2D eigenvalue weighted by Crippen LogP contribution is 2.30. The van der Waals surface area contributed by atoms with E-state index in [4.69, 9.17) is 28.3 Å². The fourth-order valence-electron chi connectivity index (χ4n) is 3.28. The van der Waals surface area contributed by atoms with Crippen LogP contribution in [0.1, 0.15) is 17.0 Å². The van der Waals surface area contributed by atoms with Crippen LogP contribution < -0.4 is 4.72 Å². The van der Waals surface area contributed by atoms with Crippen molar-refractivity contribution in [1.29, 1.82) is 0 Å². The Bertz CT molecular complexity index is 1050. The molecule has 1 heterocycles. The number of hydrogen-bond donors (Lipinski definition) is 1. The van der Waals surface area contributed by atoms with E-state index in [-0.39, 0.29) is 5.92 Å². The molecule has 0 aromatic heterocycles. The molecule has 30 heavy (non-hydrogen) atoms. The molecule has 1 aliphatic rings. The third-order valence-electron chi connectivity index (χ3n) is 4.79. The normalized spacial score (nSPS) is 16.5. The summed E-state index contributed by atoms with van der Waals surface area (Å²) in [5.74, 6) is 0.825. The number of aliphatic imine (C=N–C) groups is 1. The van der Waals surface area contributed by atoms with Crippen LogP contribution >= 0.6 is 35.1 Å². The van der Waals surface area contributed by atoms with Crippen molar-refractivity contribution in [2.24, 2.45) is 10.1 Å². The zero-order valence-electron chi connectivity index (χ0n) is 16.3. The quantitative estimate of drug-likeness (QED) is 0.295. The smallest absolute Gasteiger partial charge is 0.225 e. The molecule has 0 amide bonds. The molecular weight excluding hydrogens is 435 g/mol. The highest BCUT2D eigenvalue weighted by atomic mass is 35.5. The fraction of sp³-hybridized carbons (Fsp3) is 0.130. The van der Waals surface area contributed by atoms with Gasteiger partial charge in [0.15, 0.2) is 0 Å².